The van der Waals surface area contributed by atoms with Gasteiger partial charge in [0.15, 0.2) is 0 Å². The van der Waals surface area contributed by atoms with E-state index in [0.717, 1.165) is 11.1 Å². The summed E-state index contributed by atoms with van der Waals surface area (Å²) >= 11 is 0. The largest absolute Gasteiger partial charge is 0.362 e. The SMILES string of the molecule is Cc1ccc2ncc(C(=O)Nc3cc(-c4noc(COC5CC(F)(F)C5(F)F)n4)ccc3C)n2c1. The van der Waals surface area contributed by atoms with Gasteiger partial charge in [0.25, 0.3) is 11.8 Å². The van der Waals surface area contributed by atoms with Crippen molar-refractivity contribution in [2.24, 2.45) is 0 Å². The van der Waals surface area contributed by atoms with Crippen LogP contribution in [0.1, 0.15) is 33.9 Å². The summed E-state index contributed by atoms with van der Waals surface area (Å²) in [7, 11) is 0. The fourth-order valence-electron chi connectivity index (χ4n) is 3.70. The molecule has 1 amide bonds. The number of carbonyl (C=O) groups is 1. The molecule has 1 unspecified atom stereocenters. The van der Waals surface area contributed by atoms with E-state index in [1.54, 1.807) is 22.6 Å². The predicted octanol–water partition coefficient (Wildman–Crippen LogP) is 4.81. The number of halogens is 4. The van der Waals surface area contributed by atoms with Crippen LogP contribution in [0.3, 0.4) is 0 Å². The number of ether oxygens (including phenoxy) is 1. The summed E-state index contributed by atoms with van der Waals surface area (Å²) in [6.45, 7) is 3.18. The van der Waals surface area contributed by atoms with Gasteiger partial charge in [-0.15, -0.1) is 0 Å². The normalized spacial score (nSPS) is 18.4. The minimum atomic E-state index is -4.24. The molecule has 1 fully saturated rings. The summed E-state index contributed by atoms with van der Waals surface area (Å²) in [5, 5.41) is 6.64. The first-order chi connectivity index (χ1) is 16.5. The lowest BCUT2D eigenvalue weighted by molar-refractivity contribution is -0.343. The van der Waals surface area contributed by atoms with Crippen molar-refractivity contribution in [3.05, 3.63) is 65.4 Å². The number of pyridine rings is 1. The molecule has 182 valence electrons. The molecule has 12 heteroatoms. The first-order valence-electron chi connectivity index (χ1n) is 10.6. The van der Waals surface area contributed by atoms with Gasteiger partial charge in [0.05, 0.1) is 12.6 Å². The van der Waals surface area contributed by atoms with Crippen molar-refractivity contribution in [1.29, 1.82) is 0 Å². The van der Waals surface area contributed by atoms with E-state index in [4.69, 9.17) is 9.26 Å². The number of hydrogen-bond acceptors (Lipinski definition) is 6. The Morgan fingerprint density at radius 3 is 2.77 bits per heavy atom. The number of alkyl halides is 4. The van der Waals surface area contributed by atoms with E-state index in [1.165, 1.54) is 6.20 Å². The van der Waals surface area contributed by atoms with E-state index in [-0.39, 0.29) is 17.6 Å². The maximum absolute atomic E-state index is 13.4. The van der Waals surface area contributed by atoms with Crippen LogP contribution in [0.5, 0.6) is 0 Å². The van der Waals surface area contributed by atoms with Gasteiger partial charge in [-0.05, 0) is 37.1 Å². The Hall–Kier alpha value is -3.80. The predicted molar refractivity (Wildman–Crippen MR) is 115 cm³/mol. The Morgan fingerprint density at radius 1 is 1.23 bits per heavy atom. The fourth-order valence-corrected chi connectivity index (χ4v) is 3.70. The highest BCUT2D eigenvalue weighted by Crippen LogP contribution is 2.52. The Bertz CT molecular complexity index is 1430. The van der Waals surface area contributed by atoms with E-state index in [2.05, 4.69) is 20.4 Å². The van der Waals surface area contributed by atoms with Crippen LogP contribution in [0, 0.1) is 13.8 Å². The molecule has 0 aliphatic heterocycles. The third-order valence-corrected chi connectivity index (χ3v) is 5.84. The van der Waals surface area contributed by atoms with Gasteiger partial charge in [0.2, 0.25) is 5.82 Å². The molecular weight excluding hydrogens is 470 g/mol. The van der Waals surface area contributed by atoms with Gasteiger partial charge < -0.3 is 14.6 Å². The molecule has 0 saturated heterocycles. The summed E-state index contributed by atoms with van der Waals surface area (Å²) in [5.41, 5.74) is 3.70. The average molecular weight is 489 g/mol. The second-order valence-corrected chi connectivity index (χ2v) is 8.40. The molecule has 8 nitrogen and oxygen atoms in total. The summed E-state index contributed by atoms with van der Waals surface area (Å²) in [4.78, 5) is 21.3. The van der Waals surface area contributed by atoms with Crippen molar-refractivity contribution in [3.63, 3.8) is 0 Å². The van der Waals surface area contributed by atoms with Gasteiger partial charge >= 0.3 is 11.8 Å². The Morgan fingerprint density at radius 2 is 2.03 bits per heavy atom. The molecule has 35 heavy (non-hydrogen) atoms. The zero-order valence-corrected chi connectivity index (χ0v) is 18.6. The molecule has 1 N–H and O–H groups in total. The fraction of sp³-hybridized carbons (Fsp3) is 0.304. The average Bonchev–Trinajstić information content (AvgIpc) is 3.45. The topological polar surface area (TPSA) is 94.6 Å². The molecule has 3 aromatic heterocycles. The highest BCUT2D eigenvalue weighted by atomic mass is 19.3. The van der Waals surface area contributed by atoms with Crippen LogP contribution in [-0.4, -0.2) is 43.4 Å². The van der Waals surface area contributed by atoms with E-state index < -0.39 is 31.0 Å². The minimum Gasteiger partial charge on any atom is -0.362 e. The number of imidazole rings is 1. The van der Waals surface area contributed by atoms with Crippen LogP contribution in [0.2, 0.25) is 0 Å². The van der Waals surface area contributed by atoms with Gasteiger partial charge in [-0.1, -0.05) is 23.4 Å². The van der Waals surface area contributed by atoms with Gasteiger partial charge in [0.1, 0.15) is 24.1 Å². The van der Waals surface area contributed by atoms with Gasteiger partial charge in [-0.2, -0.15) is 22.5 Å². The van der Waals surface area contributed by atoms with Crippen molar-refractivity contribution in [2.75, 3.05) is 5.32 Å². The standard InChI is InChI=1S/C23H19F4N5O3/c1-12-3-6-18-28-9-16(32(18)10-12)21(33)29-15-7-14(5-4-13(15)2)20-30-19(35-31-20)11-34-17-8-22(24,25)23(17,26)27/h3-7,9-10,17H,8,11H2,1-2H3,(H,29,33). The number of benzene rings is 1. The molecule has 0 bridgehead atoms. The van der Waals surface area contributed by atoms with Crippen LogP contribution >= 0.6 is 0 Å². The van der Waals surface area contributed by atoms with Crippen LogP contribution < -0.4 is 5.32 Å². The maximum atomic E-state index is 13.4. The number of anilines is 1. The van der Waals surface area contributed by atoms with E-state index in [1.807, 2.05) is 32.2 Å². The molecule has 1 saturated carbocycles. The van der Waals surface area contributed by atoms with Gasteiger partial charge in [-0.25, -0.2) is 4.98 Å². The van der Waals surface area contributed by atoms with E-state index in [0.29, 0.717) is 22.6 Å². The third kappa shape index (κ3) is 4.03. The molecule has 5 rings (SSSR count). The second-order valence-electron chi connectivity index (χ2n) is 8.40. The molecule has 3 heterocycles. The summed E-state index contributed by atoms with van der Waals surface area (Å²) in [5.74, 6) is -8.71. The number of nitrogens with zero attached hydrogens (tertiary/aromatic N) is 4. The lowest BCUT2D eigenvalue weighted by atomic mass is 9.85. The molecule has 0 spiro atoms. The molecule has 1 aromatic carbocycles. The summed E-state index contributed by atoms with van der Waals surface area (Å²) in [6.07, 6.45) is 0.298. The van der Waals surface area contributed by atoms with Crippen molar-refractivity contribution in [3.8, 4) is 11.4 Å². The maximum Gasteiger partial charge on any atom is 0.335 e. The number of aryl methyl sites for hydroxylation is 2. The zero-order valence-electron chi connectivity index (χ0n) is 18.6. The molecule has 1 aliphatic carbocycles. The van der Waals surface area contributed by atoms with Crippen molar-refractivity contribution < 1.29 is 31.6 Å². The number of carbonyl (C=O) groups excluding carboxylic acids is 1. The van der Waals surface area contributed by atoms with Crippen LogP contribution in [0.4, 0.5) is 23.2 Å². The smallest absolute Gasteiger partial charge is 0.335 e. The van der Waals surface area contributed by atoms with Crippen LogP contribution in [0.15, 0.2) is 47.2 Å². The van der Waals surface area contributed by atoms with E-state index >= 15 is 0 Å². The molecule has 4 aromatic rings. The van der Waals surface area contributed by atoms with Crippen LogP contribution in [-0.2, 0) is 11.3 Å². The van der Waals surface area contributed by atoms with Gasteiger partial charge in [-0.3, -0.25) is 9.20 Å². The second kappa shape index (κ2) is 8.15. The first-order valence-corrected chi connectivity index (χ1v) is 10.6. The molecule has 1 aliphatic rings. The Kier molecular flexibility index (Phi) is 5.35. The third-order valence-electron chi connectivity index (χ3n) is 5.84. The van der Waals surface area contributed by atoms with Gasteiger partial charge in [0, 0.05) is 17.4 Å². The highest BCUT2D eigenvalue weighted by Gasteiger charge is 2.72. The molecule has 0 radical (unpaired) electrons. The number of fused-ring (bicyclic) bond motifs is 1. The lowest BCUT2D eigenvalue weighted by Crippen LogP contribution is -2.63. The number of rotatable bonds is 6. The van der Waals surface area contributed by atoms with Crippen molar-refractivity contribution in [2.45, 2.75) is 44.8 Å². The lowest BCUT2D eigenvalue weighted by Gasteiger charge is -2.42. The van der Waals surface area contributed by atoms with E-state index in [9.17, 15) is 22.4 Å². The zero-order chi connectivity index (χ0) is 25.0. The monoisotopic (exact) mass is 489 g/mol. The summed E-state index contributed by atoms with van der Waals surface area (Å²) in [6, 6.07) is 8.78. The molecular formula is C23H19F4N5O3. The number of aromatic nitrogens is 4. The first kappa shape index (κ1) is 23.0. The van der Waals surface area contributed by atoms with Crippen molar-refractivity contribution >= 4 is 17.2 Å². The van der Waals surface area contributed by atoms with Crippen LogP contribution in [0.25, 0.3) is 17.0 Å². The number of nitrogens with one attached hydrogen (secondary N) is 1. The highest BCUT2D eigenvalue weighted by molar-refractivity contribution is 6.04. The quantitative estimate of drug-likeness (QED) is 0.391. The Labute approximate surface area is 195 Å². The number of hydrogen-bond donors (Lipinski definition) is 1. The number of amides is 1. The minimum absolute atomic E-state index is 0.121. The molecule has 1 atom stereocenters. The summed E-state index contributed by atoms with van der Waals surface area (Å²) < 4.78 is 64.2. The Balaban J connectivity index is 1.30. The van der Waals surface area contributed by atoms with Crippen molar-refractivity contribution in [1.82, 2.24) is 19.5 Å².